The first-order valence-corrected chi connectivity index (χ1v) is 4.96. The van der Waals surface area contributed by atoms with E-state index in [1.165, 1.54) is 16.6 Å². The van der Waals surface area contributed by atoms with Crippen LogP contribution >= 0.6 is 0 Å². The van der Waals surface area contributed by atoms with Crippen molar-refractivity contribution in [2.24, 2.45) is 0 Å². The van der Waals surface area contributed by atoms with Crippen LogP contribution in [-0.4, -0.2) is 18.7 Å². The van der Waals surface area contributed by atoms with E-state index in [1.807, 2.05) is 0 Å². The summed E-state index contributed by atoms with van der Waals surface area (Å²) in [5.41, 5.74) is 2.52. The Bertz CT molecular complexity index is 372. The van der Waals surface area contributed by atoms with Crippen molar-refractivity contribution in [3.63, 3.8) is 0 Å². The molecular formula is C12H15NO. The molecule has 0 amide bonds. The summed E-state index contributed by atoms with van der Waals surface area (Å²) in [6.07, 6.45) is 2.13. The highest BCUT2D eigenvalue weighted by Crippen LogP contribution is 2.15. The standard InChI is InChI=1S/C12H15NO/c1-14-8-4-6-11-9-10-5-2-3-7-12(10)13-11/h2-3,5,7,9,13H,4,6,8H2,1H3. The van der Waals surface area contributed by atoms with Crippen LogP contribution in [0.25, 0.3) is 10.9 Å². The SMILES string of the molecule is COCCCc1cc2ccccc2[nH]1. The van der Waals surface area contributed by atoms with Crippen molar-refractivity contribution in [2.45, 2.75) is 12.8 Å². The Morgan fingerprint density at radius 1 is 1.29 bits per heavy atom. The lowest BCUT2D eigenvalue weighted by atomic mass is 10.2. The predicted octanol–water partition coefficient (Wildman–Crippen LogP) is 2.75. The summed E-state index contributed by atoms with van der Waals surface area (Å²) in [6, 6.07) is 10.6. The fourth-order valence-corrected chi connectivity index (χ4v) is 1.68. The van der Waals surface area contributed by atoms with Crippen LogP contribution in [0.2, 0.25) is 0 Å². The van der Waals surface area contributed by atoms with Crippen molar-refractivity contribution in [3.05, 3.63) is 36.0 Å². The van der Waals surface area contributed by atoms with E-state index in [4.69, 9.17) is 4.74 Å². The Balaban J connectivity index is 2.11. The first kappa shape index (κ1) is 9.28. The van der Waals surface area contributed by atoms with Gasteiger partial charge in [0.2, 0.25) is 0 Å². The van der Waals surface area contributed by atoms with E-state index in [0.717, 1.165) is 19.4 Å². The first-order chi connectivity index (χ1) is 6.90. The number of fused-ring (bicyclic) bond motifs is 1. The van der Waals surface area contributed by atoms with E-state index < -0.39 is 0 Å². The molecule has 2 nitrogen and oxygen atoms in total. The molecule has 2 aromatic rings. The fourth-order valence-electron chi connectivity index (χ4n) is 1.68. The van der Waals surface area contributed by atoms with E-state index in [9.17, 15) is 0 Å². The van der Waals surface area contributed by atoms with Crippen LogP contribution in [0.3, 0.4) is 0 Å². The normalized spacial score (nSPS) is 10.9. The Morgan fingerprint density at radius 3 is 2.93 bits per heavy atom. The summed E-state index contributed by atoms with van der Waals surface area (Å²) in [7, 11) is 1.74. The summed E-state index contributed by atoms with van der Waals surface area (Å²) in [5.74, 6) is 0. The number of aromatic nitrogens is 1. The molecule has 1 aromatic carbocycles. The zero-order valence-corrected chi connectivity index (χ0v) is 8.42. The molecule has 0 aliphatic rings. The monoisotopic (exact) mass is 189 g/mol. The third kappa shape index (κ3) is 1.96. The molecule has 2 rings (SSSR count). The van der Waals surface area contributed by atoms with E-state index in [-0.39, 0.29) is 0 Å². The van der Waals surface area contributed by atoms with Crippen LogP contribution in [0.15, 0.2) is 30.3 Å². The molecule has 0 radical (unpaired) electrons. The molecule has 0 unspecified atom stereocenters. The van der Waals surface area contributed by atoms with E-state index in [2.05, 4.69) is 35.3 Å². The van der Waals surface area contributed by atoms with Gasteiger partial charge < -0.3 is 9.72 Å². The number of hydrogen-bond donors (Lipinski definition) is 1. The molecule has 1 heterocycles. The Hall–Kier alpha value is -1.28. The van der Waals surface area contributed by atoms with Crippen molar-refractivity contribution >= 4 is 10.9 Å². The number of hydrogen-bond acceptors (Lipinski definition) is 1. The minimum Gasteiger partial charge on any atom is -0.385 e. The molecule has 1 aromatic heterocycles. The predicted molar refractivity (Wildman–Crippen MR) is 58.5 cm³/mol. The zero-order chi connectivity index (χ0) is 9.80. The third-order valence-corrected chi connectivity index (χ3v) is 2.38. The van der Waals surface area contributed by atoms with Gasteiger partial charge >= 0.3 is 0 Å². The van der Waals surface area contributed by atoms with Gasteiger partial charge in [0.25, 0.3) is 0 Å². The van der Waals surface area contributed by atoms with Crippen molar-refractivity contribution in [2.75, 3.05) is 13.7 Å². The maximum Gasteiger partial charge on any atom is 0.0465 e. The van der Waals surface area contributed by atoms with Crippen molar-refractivity contribution in [1.82, 2.24) is 4.98 Å². The van der Waals surface area contributed by atoms with Gasteiger partial charge in [0, 0.05) is 24.9 Å². The van der Waals surface area contributed by atoms with Gasteiger partial charge in [0.1, 0.15) is 0 Å². The van der Waals surface area contributed by atoms with Crippen LogP contribution < -0.4 is 0 Å². The fraction of sp³-hybridized carbons (Fsp3) is 0.333. The highest BCUT2D eigenvalue weighted by Gasteiger charge is 1.98. The van der Waals surface area contributed by atoms with Crippen LogP contribution in [0.4, 0.5) is 0 Å². The molecule has 14 heavy (non-hydrogen) atoms. The largest absolute Gasteiger partial charge is 0.385 e. The van der Waals surface area contributed by atoms with Crippen LogP contribution in [-0.2, 0) is 11.2 Å². The molecule has 0 bridgehead atoms. The summed E-state index contributed by atoms with van der Waals surface area (Å²) < 4.78 is 5.02. The molecule has 0 aliphatic carbocycles. The summed E-state index contributed by atoms with van der Waals surface area (Å²) in [6.45, 7) is 0.829. The van der Waals surface area contributed by atoms with Gasteiger partial charge in [-0.15, -0.1) is 0 Å². The number of rotatable bonds is 4. The van der Waals surface area contributed by atoms with E-state index >= 15 is 0 Å². The number of para-hydroxylation sites is 1. The molecule has 2 heteroatoms. The number of benzene rings is 1. The van der Waals surface area contributed by atoms with Gasteiger partial charge in [0.05, 0.1) is 0 Å². The second-order valence-electron chi connectivity index (χ2n) is 3.48. The van der Waals surface area contributed by atoms with Gasteiger partial charge in [-0.05, 0) is 30.4 Å². The number of methoxy groups -OCH3 is 1. The number of aromatic amines is 1. The lowest BCUT2D eigenvalue weighted by Crippen LogP contribution is -1.92. The first-order valence-electron chi connectivity index (χ1n) is 4.96. The lowest BCUT2D eigenvalue weighted by Gasteiger charge is -1.96. The zero-order valence-electron chi connectivity index (χ0n) is 8.42. The van der Waals surface area contributed by atoms with Gasteiger partial charge in [-0.3, -0.25) is 0 Å². The highest BCUT2D eigenvalue weighted by molar-refractivity contribution is 5.80. The van der Waals surface area contributed by atoms with Gasteiger partial charge in [0.15, 0.2) is 0 Å². The van der Waals surface area contributed by atoms with Crippen LogP contribution in [0.1, 0.15) is 12.1 Å². The molecule has 0 fully saturated rings. The molecule has 0 spiro atoms. The Morgan fingerprint density at radius 2 is 2.14 bits per heavy atom. The number of H-pyrrole nitrogens is 1. The van der Waals surface area contributed by atoms with Crippen molar-refractivity contribution < 1.29 is 4.74 Å². The Kier molecular flexibility index (Phi) is 2.84. The molecule has 0 saturated heterocycles. The van der Waals surface area contributed by atoms with Gasteiger partial charge in [-0.25, -0.2) is 0 Å². The molecule has 0 saturated carbocycles. The second kappa shape index (κ2) is 4.29. The van der Waals surface area contributed by atoms with E-state index in [0.29, 0.717) is 0 Å². The molecule has 0 aliphatic heterocycles. The van der Waals surface area contributed by atoms with Gasteiger partial charge in [-0.2, -0.15) is 0 Å². The highest BCUT2D eigenvalue weighted by atomic mass is 16.5. The number of ether oxygens (including phenoxy) is 1. The number of aryl methyl sites for hydroxylation is 1. The van der Waals surface area contributed by atoms with Gasteiger partial charge in [-0.1, -0.05) is 18.2 Å². The maximum absolute atomic E-state index is 5.02. The second-order valence-corrected chi connectivity index (χ2v) is 3.48. The summed E-state index contributed by atoms with van der Waals surface area (Å²) in [4.78, 5) is 3.40. The molecule has 0 atom stereocenters. The molecule has 74 valence electrons. The smallest absolute Gasteiger partial charge is 0.0465 e. The summed E-state index contributed by atoms with van der Waals surface area (Å²) in [5, 5.41) is 1.29. The molecular weight excluding hydrogens is 174 g/mol. The van der Waals surface area contributed by atoms with Crippen molar-refractivity contribution in [1.29, 1.82) is 0 Å². The quantitative estimate of drug-likeness (QED) is 0.735. The molecule has 1 N–H and O–H groups in total. The minimum atomic E-state index is 0.829. The van der Waals surface area contributed by atoms with E-state index in [1.54, 1.807) is 7.11 Å². The summed E-state index contributed by atoms with van der Waals surface area (Å²) >= 11 is 0. The lowest BCUT2D eigenvalue weighted by molar-refractivity contribution is 0.195. The third-order valence-electron chi connectivity index (χ3n) is 2.38. The number of nitrogens with one attached hydrogen (secondary N) is 1. The maximum atomic E-state index is 5.02. The average molecular weight is 189 g/mol. The Labute approximate surface area is 83.9 Å². The topological polar surface area (TPSA) is 25.0 Å². The average Bonchev–Trinajstić information content (AvgIpc) is 2.60. The van der Waals surface area contributed by atoms with Crippen LogP contribution in [0.5, 0.6) is 0 Å². The van der Waals surface area contributed by atoms with Crippen molar-refractivity contribution in [3.8, 4) is 0 Å². The minimum absolute atomic E-state index is 0.829. The van der Waals surface area contributed by atoms with Crippen LogP contribution in [0, 0.1) is 0 Å².